The maximum absolute atomic E-state index is 13.3. The molecule has 134 valence electrons. The van der Waals surface area contributed by atoms with Crippen LogP contribution in [0, 0.1) is 6.92 Å². The van der Waals surface area contributed by atoms with E-state index in [2.05, 4.69) is 27.0 Å². The van der Waals surface area contributed by atoms with Crippen molar-refractivity contribution in [3.05, 3.63) is 47.5 Å². The van der Waals surface area contributed by atoms with E-state index in [0.29, 0.717) is 25.5 Å². The Kier molecular flexibility index (Phi) is 5.45. The van der Waals surface area contributed by atoms with Crippen LogP contribution in [0.2, 0.25) is 0 Å². The molecule has 25 heavy (non-hydrogen) atoms. The summed E-state index contributed by atoms with van der Waals surface area (Å²) in [5.41, 5.74) is 1.01. The zero-order chi connectivity index (χ0) is 17.8. The first-order valence-corrected chi connectivity index (χ1v) is 8.64. The number of H-pyrrole nitrogens is 1. The van der Waals surface area contributed by atoms with E-state index >= 15 is 0 Å². The molecule has 1 amide bonds. The van der Waals surface area contributed by atoms with E-state index in [9.17, 15) is 4.79 Å². The predicted molar refractivity (Wildman–Crippen MR) is 93.9 cm³/mol. The van der Waals surface area contributed by atoms with Crippen molar-refractivity contribution in [3.63, 3.8) is 0 Å². The second-order valence-corrected chi connectivity index (χ2v) is 6.31. The summed E-state index contributed by atoms with van der Waals surface area (Å²) in [4.78, 5) is 21.5. The van der Waals surface area contributed by atoms with Gasteiger partial charge in [-0.2, -0.15) is 5.10 Å². The summed E-state index contributed by atoms with van der Waals surface area (Å²) < 4.78 is 5.78. The van der Waals surface area contributed by atoms with Gasteiger partial charge in [0.15, 0.2) is 5.82 Å². The van der Waals surface area contributed by atoms with Gasteiger partial charge in [0.05, 0.1) is 13.2 Å². The van der Waals surface area contributed by atoms with Gasteiger partial charge in [-0.1, -0.05) is 37.3 Å². The van der Waals surface area contributed by atoms with Crippen molar-refractivity contribution in [1.82, 2.24) is 25.0 Å². The number of hydrogen-bond donors (Lipinski definition) is 1. The van der Waals surface area contributed by atoms with Gasteiger partial charge in [0.1, 0.15) is 18.0 Å². The molecule has 1 N–H and O–H groups in total. The molecule has 7 nitrogen and oxygen atoms in total. The molecule has 1 aliphatic rings. The highest BCUT2D eigenvalue weighted by Gasteiger charge is 2.33. The normalized spacial score (nSPS) is 19.2. The summed E-state index contributed by atoms with van der Waals surface area (Å²) in [7, 11) is 1.98. The topological polar surface area (TPSA) is 74.3 Å². The lowest BCUT2D eigenvalue weighted by Gasteiger charge is -2.36. The molecule has 2 atom stereocenters. The zero-order valence-corrected chi connectivity index (χ0v) is 15.0. The lowest BCUT2D eigenvalue weighted by atomic mass is 10.0. The van der Waals surface area contributed by atoms with Gasteiger partial charge in [0.2, 0.25) is 5.91 Å². The van der Waals surface area contributed by atoms with Gasteiger partial charge in [-0.3, -0.25) is 14.8 Å². The average molecular weight is 343 g/mol. The number of nitrogens with zero attached hydrogens (tertiary/aromatic N) is 4. The van der Waals surface area contributed by atoms with Crippen molar-refractivity contribution >= 4 is 5.91 Å². The number of amides is 1. The molecule has 1 fully saturated rings. The first-order chi connectivity index (χ1) is 12.1. The summed E-state index contributed by atoms with van der Waals surface area (Å²) in [6, 6.07) is 9.62. The number of morpholine rings is 1. The van der Waals surface area contributed by atoms with E-state index in [-0.39, 0.29) is 18.1 Å². The zero-order valence-electron chi connectivity index (χ0n) is 15.0. The molecular formula is C18H25N5O2. The molecule has 1 aromatic heterocycles. The second kappa shape index (κ2) is 7.76. The van der Waals surface area contributed by atoms with Crippen LogP contribution in [0.3, 0.4) is 0 Å². The highest BCUT2D eigenvalue weighted by molar-refractivity contribution is 5.83. The number of aryl methyl sites for hydroxylation is 1. The van der Waals surface area contributed by atoms with Crippen LogP contribution in [0.5, 0.6) is 0 Å². The molecular weight excluding hydrogens is 318 g/mol. The molecule has 0 saturated carbocycles. The number of benzene rings is 1. The molecule has 1 saturated heterocycles. The number of aromatic nitrogens is 3. The molecule has 2 heterocycles. The van der Waals surface area contributed by atoms with E-state index in [1.807, 2.05) is 49.2 Å². The minimum atomic E-state index is -0.293. The number of likely N-dealkylation sites (N-methyl/N-ethyl adjacent to an activating group) is 1. The van der Waals surface area contributed by atoms with Crippen molar-refractivity contribution < 1.29 is 9.53 Å². The second-order valence-electron chi connectivity index (χ2n) is 6.31. The third kappa shape index (κ3) is 3.88. The van der Waals surface area contributed by atoms with Crippen LogP contribution >= 0.6 is 0 Å². The number of ether oxygens (including phenoxy) is 1. The molecule has 0 aliphatic carbocycles. The number of carbonyl (C=O) groups excluding carboxylic acids is 1. The summed E-state index contributed by atoms with van der Waals surface area (Å²) >= 11 is 0. The SMILES string of the molecule is CCN(C)[C@H](C(=O)N1CCO[C@H](c2n[nH]c(C)n2)C1)c1ccccc1. The Bertz CT molecular complexity index is 703. The van der Waals surface area contributed by atoms with Crippen LogP contribution in [0.4, 0.5) is 0 Å². The van der Waals surface area contributed by atoms with Crippen LogP contribution in [-0.2, 0) is 9.53 Å². The number of nitrogens with one attached hydrogen (secondary N) is 1. The Morgan fingerprint density at radius 1 is 1.44 bits per heavy atom. The first-order valence-electron chi connectivity index (χ1n) is 8.64. The van der Waals surface area contributed by atoms with E-state index in [0.717, 1.165) is 17.9 Å². The van der Waals surface area contributed by atoms with Gasteiger partial charge < -0.3 is 9.64 Å². The van der Waals surface area contributed by atoms with Crippen molar-refractivity contribution in [1.29, 1.82) is 0 Å². The van der Waals surface area contributed by atoms with Crippen LogP contribution in [0.25, 0.3) is 0 Å². The Hall–Kier alpha value is -2.25. The maximum atomic E-state index is 13.3. The molecule has 0 bridgehead atoms. The summed E-state index contributed by atoms with van der Waals surface area (Å²) in [6.07, 6.45) is -0.286. The van der Waals surface area contributed by atoms with Crippen LogP contribution in [-0.4, -0.2) is 64.2 Å². The highest BCUT2D eigenvalue weighted by atomic mass is 16.5. The molecule has 3 rings (SSSR count). The molecule has 7 heteroatoms. The van der Waals surface area contributed by atoms with E-state index in [1.54, 1.807) is 0 Å². The smallest absolute Gasteiger partial charge is 0.244 e. The lowest BCUT2D eigenvalue weighted by Crippen LogP contribution is -2.47. The van der Waals surface area contributed by atoms with Crippen molar-refractivity contribution in [2.45, 2.75) is 26.0 Å². The predicted octanol–water partition coefficient (Wildman–Crippen LogP) is 1.71. The molecule has 2 aromatic rings. The average Bonchev–Trinajstić information content (AvgIpc) is 3.09. The van der Waals surface area contributed by atoms with Gasteiger partial charge in [-0.05, 0) is 26.1 Å². The fourth-order valence-corrected chi connectivity index (χ4v) is 3.09. The fraction of sp³-hybridized carbons (Fsp3) is 0.500. The van der Waals surface area contributed by atoms with Gasteiger partial charge in [-0.15, -0.1) is 0 Å². The van der Waals surface area contributed by atoms with Crippen molar-refractivity contribution in [2.24, 2.45) is 0 Å². The van der Waals surface area contributed by atoms with E-state index in [4.69, 9.17) is 4.74 Å². The number of aromatic amines is 1. The quantitative estimate of drug-likeness (QED) is 0.894. The summed E-state index contributed by atoms with van der Waals surface area (Å²) in [6.45, 7) is 6.24. The minimum Gasteiger partial charge on any atom is -0.366 e. The van der Waals surface area contributed by atoms with Gasteiger partial charge in [-0.25, -0.2) is 4.98 Å². The highest BCUT2D eigenvalue weighted by Crippen LogP contribution is 2.26. The fourth-order valence-electron chi connectivity index (χ4n) is 3.09. The summed E-state index contributed by atoms with van der Waals surface area (Å²) in [5, 5.41) is 7.01. The largest absolute Gasteiger partial charge is 0.366 e. The number of rotatable bonds is 5. The van der Waals surface area contributed by atoms with Crippen molar-refractivity contribution in [2.75, 3.05) is 33.3 Å². The Morgan fingerprint density at radius 2 is 2.20 bits per heavy atom. The summed E-state index contributed by atoms with van der Waals surface area (Å²) in [5.74, 6) is 1.45. The van der Waals surface area contributed by atoms with Crippen LogP contribution in [0.15, 0.2) is 30.3 Å². The Balaban J connectivity index is 1.79. The third-order valence-electron chi connectivity index (χ3n) is 4.57. The molecule has 0 radical (unpaired) electrons. The van der Waals surface area contributed by atoms with E-state index < -0.39 is 0 Å². The van der Waals surface area contributed by atoms with Gasteiger partial charge >= 0.3 is 0 Å². The third-order valence-corrected chi connectivity index (χ3v) is 4.57. The number of carbonyl (C=O) groups is 1. The molecule has 1 aromatic carbocycles. The maximum Gasteiger partial charge on any atom is 0.244 e. The Labute approximate surface area is 148 Å². The van der Waals surface area contributed by atoms with E-state index in [1.165, 1.54) is 0 Å². The van der Waals surface area contributed by atoms with Gasteiger partial charge in [0.25, 0.3) is 0 Å². The first kappa shape index (κ1) is 17.6. The van der Waals surface area contributed by atoms with Gasteiger partial charge in [0, 0.05) is 6.54 Å². The lowest BCUT2D eigenvalue weighted by molar-refractivity contribution is -0.144. The van der Waals surface area contributed by atoms with Crippen LogP contribution in [0.1, 0.15) is 36.3 Å². The van der Waals surface area contributed by atoms with Crippen LogP contribution < -0.4 is 0 Å². The Morgan fingerprint density at radius 3 is 2.84 bits per heavy atom. The molecule has 1 aliphatic heterocycles. The molecule has 0 spiro atoms. The number of hydrogen-bond acceptors (Lipinski definition) is 5. The van der Waals surface area contributed by atoms with Crippen molar-refractivity contribution in [3.8, 4) is 0 Å². The minimum absolute atomic E-state index is 0.0936. The standard InChI is InChI=1S/C18H25N5O2/c1-4-22(3)16(14-8-6-5-7-9-14)18(24)23-10-11-25-15(12-23)17-19-13(2)20-21-17/h5-9,15-16H,4,10-12H2,1-3H3,(H,19,20,21)/t15-,16-/m0/s1. The molecule has 0 unspecified atom stereocenters. The monoisotopic (exact) mass is 343 g/mol.